The largest absolute Gasteiger partial charge is 0.407 e. The van der Waals surface area contributed by atoms with Gasteiger partial charge in [-0.2, -0.15) is 4.31 Å². The molecule has 32 heavy (non-hydrogen) atoms. The number of nitrogens with zero attached hydrogens (tertiary/aromatic N) is 3. The summed E-state index contributed by atoms with van der Waals surface area (Å²) in [6.07, 6.45) is 3.68. The molecule has 1 amide bonds. The van der Waals surface area contributed by atoms with Gasteiger partial charge < -0.3 is 4.42 Å². The van der Waals surface area contributed by atoms with E-state index in [1.54, 1.807) is 42.1 Å². The van der Waals surface area contributed by atoms with Crippen molar-refractivity contribution in [2.75, 3.05) is 24.7 Å². The first-order valence-electron chi connectivity index (χ1n) is 10.3. The summed E-state index contributed by atoms with van der Waals surface area (Å²) in [6.45, 7) is 0.507. The van der Waals surface area contributed by atoms with Gasteiger partial charge >= 0.3 is 6.01 Å². The maximum atomic E-state index is 12.9. The van der Waals surface area contributed by atoms with Crippen molar-refractivity contribution in [2.45, 2.75) is 29.1 Å². The standard InChI is InChI=1S/C22H24N4O4S2/c1-31-18-11-9-16(10-12-18)14-20-24-25-22(30-20)23-21(27)17-6-5-13-26(15-17)32(28,29)19-7-3-2-4-8-19/h2-4,7-12,17H,5-6,13-15H2,1H3,(H,23,25,27). The van der Waals surface area contributed by atoms with Gasteiger partial charge in [-0.05, 0) is 48.9 Å². The summed E-state index contributed by atoms with van der Waals surface area (Å²) < 4.78 is 32.7. The molecule has 0 spiro atoms. The fraction of sp³-hybridized carbons (Fsp3) is 0.318. The SMILES string of the molecule is CSc1ccc(Cc2nnc(NC(=O)C3CCCN(S(=O)(=O)c4ccccc4)C3)o2)cc1. The van der Waals surface area contributed by atoms with E-state index in [0.29, 0.717) is 31.7 Å². The van der Waals surface area contributed by atoms with Gasteiger partial charge in [-0.15, -0.1) is 16.9 Å². The third-order valence-electron chi connectivity index (χ3n) is 5.35. The van der Waals surface area contributed by atoms with E-state index in [4.69, 9.17) is 4.42 Å². The number of aromatic nitrogens is 2. The first-order chi connectivity index (χ1) is 15.5. The van der Waals surface area contributed by atoms with Gasteiger partial charge in [0.2, 0.25) is 21.8 Å². The van der Waals surface area contributed by atoms with Crippen molar-refractivity contribution in [3.63, 3.8) is 0 Å². The molecule has 1 aliphatic heterocycles. The van der Waals surface area contributed by atoms with Crippen LogP contribution in [0.25, 0.3) is 0 Å². The molecule has 1 saturated heterocycles. The predicted octanol–water partition coefficient (Wildman–Crippen LogP) is 3.42. The van der Waals surface area contributed by atoms with Gasteiger partial charge in [-0.1, -0.05) is 35.4 Å². The normalized spacial score (nSPS) is 17.2. The van der Waals surface area contributed by atoms with Crippen LogP contribution in [0.2, 0.25) is 0 Å². The van der Waals surface area contributed by atoms with E-state index in [2.05, 4.69) is 15.5 Å². The average molecular weight is 473 g/mol. The number of benzene rings is 2. The van der Waals surface area contributed by atoms with Crippen LogP contribution < -0.4 is 5.32 Å². The lowest BCUT2D eigenvalue weighted by Gasteiger charge is -2.30. The number of carbonyl (C=O) groups excluding carboxylic acids is 1. The van der Waals surface area contributed by atoms with E-state index in [1.165, 1.54) is 9.20 Å². The fourth-order valence-electron chi connectivity index (χ4n) is 3.62. The van der Waals surface area contributed by atoms with Crippen LogP contribution in [0.3, 0.4) is 0 Å². The average Bonchev–Trinajstić information content (AvgIpc) is 3.26. The Morgan fingerprint density at radius 1 is 1.16 bits per heavy atom. The predicted molar refractivity (Wildman–Crippen MR) is 122 cm³/mol. The van der Waals surface area contributed by atoms with Gasteiger partial charge in [0.05, 0.1) is 17.2 Å². The van der Waals surface area contributed by atoms with Gasteiger partial charge in [0.25, 0.3) is 0 Å². The molecule has 1 N–H and O–H groups in total. The van der Waals surface area contributed by atoms with Crippen molar-refractivity contribution in [3.05, 3.63) is 66.1 Å². The van der Waals surface area contributed by atoms with Crippen LogP contribution in [0.15, 0.2) is 68.8 Å². The molecule has 1 unspecified atom stereocenters. The number of thioether (sulfide) groups is 1. The van der Waals surface area contributed by atoms with Gasteiger partial charge in [0.1, 0.15) is 0 Å². The maximum Gasteiger partial charge on any atom is 0.322 e. The van der Waals surface area contributed by atoms with Crippen LogP contribution in [0.1, 0.15) is 24.3 Å². The number of piperidine rings is 1. The second kappa shape index (κ2) is 9.85. The zero-order valence-electron chi connectivity index (χ0n) is 17.6. The minimum Gasteiger partial charge on any atom is -0.407 e. The van der Waals surface area contributed by atoms with Crippen LogP contribution in [0, 0.1) is 5.92 Å². The summed E-state index contributed by atoms with van der Waals surface area (Å²) in [4.78, 5) is 14.2. The van der Waals surface area contributed by atoms with Gasteiger partial charge in [-0.25, -0.2) is 8.42 Å². The van der Waals surface area contributed by atoms with E-state index in [1.807, 2.05) is 30.5 Å². The van der Waals surface area contributed by atoms with Crippen LogP contribution in [0.4, 0.5) is 6.01 Å². The first-order valence-corrected chi connectivity index (χ1v) is 12.9. The Morgan fingerprint density at radius 2 is 1.91 bits per heavy atom. The van der Waals surface area contributed by atoms with Gasteiger partial charge in [-0.3, -0.25) is 10.1 Å². The Bertz CT molecular complexity index is 1160. The lowest BCUT2D eigenvalue weighted by molar-refractivity contribution is -0.121. The summed E-state index contributed by atoms with van der Waals surface area (Å²) in [6, 6.07) is 16.3. The Morgan fingerprint density at radius 3 is 2.62 bits per heavy atom. The monoisotopic (exact) mass is 472 g/mol. The summed E-state index contributed by atoms with van der Waals surface area (Å²) in [7, 11) is -3.64. The number of carbonyl (C=O) groups is 1. The highest BCUT2D eigenvalue weighted by Gasteiger charge is 2.33. The minimum absolute atomic E-state index is 0.0220. The quantitative estimate of drug-likeness (QED) is 0.525. The lowest BCUT2D eigenvalue weighted by atomic mass is 9.99. The van der Waals surface area contributed by atoms with Crippen LogP contribution in [0.5, 0.6) is 0 Å². The molecule has 8 nitrogen and oxygen atoms in total. The van der Waals surface area contributed by atoms with Crippen molar-refractivity contribution >= 4 is 33.7 Å². The Kier molecular flexibility index (Phi) is 6.92. The fourth-order valence-corrected chi connectivity index (χ4v) is 5.57. The number of anilines is 1. The topological polar surface area (TPSA) is 105 Å². The molecule has 168 valence electrons. The number of hydrogen-bond donors (Lipinski definition) is 1. The summed E-state index contributed by atoms with van der Waals surface area (Å²) in [5, 5.41) is 10.6. The lowest BCUT2D eigenvalue weighted by Crippen LogP contribution is -2.43. The number of amides is 1. The van der Waals surface area contributed by atoms with E-state index in [0.717, 1.165) is 5.56 Å². The molecule has 0 aliphatic carbocycles. The molecular formula is C22H24N4O4S2. The highest BCUT2D eigenvalue weighted by molar-refractivity contribution is 7.98. The molecule has 1 atom stereocenters. The molecule has 10 heteroatoms. The first kappa shape index (κ1) is 22.5. The Labute approximate surface area is 191 Å². The summed E-state index contributed by atoms with van der Waals surface area (Å²) in [5.74, 6) is -0.414. The van der Waals surface area contributed by atoms with Crippen molar-refractivity contribution in [1.29, 1.82) is 0 Å². The zero-order chi connectivity index (χ0) is 22.6. The zero-order valence-corrected chi connectivity index (χ0v) is 19.2. The molecule has 1 aliphatic rings. The molecule has 0 saturated carbocycles. The minimum atomic E-state index is -3.64. The number of rotatable bonds is 7. The Hall–Kier alpha value is -2.69. The van der Waals surface area contributed by atoms with E-state index in [-0.39, 0.29) is 23.4 Å². The molecular weight excluding hydrogens is 448 g/mol. The second-order valence-electron chi connectivity index (χ2n) is 7.53. The third kappa shape index (κ3) is 5.20. The number of nitrogens with one attached hydrogen (secondary N) is 1. The number of hydrogen-bond acceptors (Lipinski definition) is 7. The second-order valence-corrected chi connectivity index (χ2v) is 10.3. The van der Waals surface area contributed by atoms with Crippen molar-refractivity contribution in [3.8, 4) is 0 Å². The van der Waals surface area contributed by atoms with Crippen molar-refractivity contribution in [1.82, 2.24) is 14.5 Å². The molecule has 3 aromatic rings. The van der Waals surface area contributed by atoms with E-state index in [9.17, 15) is 13.2 Å². The summed E-state index contributed by atoms with van der Waals surface area (Å²) in [5.41, 5.74) is 1.03. The van der Waals surface area contributed by atoms with E-state index >= 15 is 0 Å². The molecule has 4 rings (SSSR count). The Balaban J connectivity index is 1.37. The third-order valence-corrected chi connectivity index (χ3v) is 7.97. The highest BCUT2D eigenvalue weighted by atomic mass is 32.2. The molecule has 1 aromatic heterocycles. The van der Waals surface area contributed by atoms with E-state index < -0.39 is 15.9 Å². The molecule has 1 fully saturated rings. The van der Waals surface area contributed by atoms with Gasteiger partial charge in [0, 0.05) is 18.0 Å². The molecule has 2 aromatic carbocycles. The van der Waals surface area contributed by atoms with Crippen molar-refractivity contribution in [2.24, 2.45) is 5.92 Å². The highest BCUT2D eigenvalue weighted by Crippen LogP contribution is 2.25. The van der Waals surface area contributed by atoms with Crippen LogP contribution in [-0.2, 0) is 21.2 Å². The molecule has 0 radical (unpaired) electrons. The number of sulfonamides is 1. The molecule has 0 bridgehead atoms. The molecule has 2 heterocycles. The van der Waals surface area contributed by atoms with Crippen LogP contribution in [-0.4, -0.2) is 48.2 Å². The van der Waals surface area contributed by atoms with Gasteiger partial charge in [0.15, 0.2) is 0 Å². The summed E-state index contributed by atoms with van der Waals surface area (Å²) >= 11 is 1.67. The van der Waals surface area contributed by atoms with Crippen LogP contribution >= 0.6 is 11.8 Å². The maximum absolute atomic E-state index is 12.9. The smallest absolute Gasteiger partial charge is 0.322 e. The van der Waals surface area contributed by atoms with Crippen molar-refractivity contribution < 1.29 is 17.6 Å².